The van der Waals surface area contributed by atoms with Gasteiger partial charge in [0.05, 0.1) is 5.92 Å². The van der Waals surface area contributed by atoms with E-state index >= 15 is 0 Å². The van der Waals surface area contributed by atoms with Crippen molar-refractivity contribution in [3.05, 3.63) is 35.9 Å². The first-order valence-electron chi connectivity index (χ1n) is 10.6. The third kappa shape index (κ3) is 4.47. The molecule has 3 aliphatic rings. The number of likely N-dealkylation sites (tertiary alicyclic amines) is 2. The maximum absolute atomic E-state index is 12.5. The maximum atomic E-state index is 12.5. The van der Waals surface area contributed by atoms with Gasteiger partial charge in [0.2, 0.25) is 5.91 Å². The number of nitrogens with zero attached hydrogens (tertiary/aromatic N) is 2. The molecule has 1 saturated carbocycles. The summed E-state index contributed by atoms with van der Waals surface area (Å²) in [6.45, 7) is 5.57. The van der Waals surface area contributed by atoms with Crippen molar-refractivity contribution in [1.29, 1.82) is 0 Å². The van der Waals surface area contributed by atoms with E-state index < -0.39 is 0 Å². The second-order valence-electron chi connectivity index (χ2n) is 8.46. The molecule has 4 heteroatoms. The molecule has 4 nitrogen and oxygen atoms in total. The smallest absolute Gasteiger partial charge is 0.224 e. The summed E-state index contributed by atoms with van der Waals surface area (Å²) < 4.78 is 0. The van der Waals surface area contributed by atoms with Gasteiger partial charge >= 0.3 is 0 Å². The zero-order valence-corrected chi connectivity index (χ0v) is 15.9. The predicted octanol–water partition coefficient (Wildman–Crippen LogP) is 3.03. The van der Waals surface area contributed by atoms with E-state index in [0.29, 0.717) is 18.0 Å². The van der Waals surface area contributed by atoms with Gasteiger partial charge in [-0.1, -0.05) is 30.3 Å². The number of amides is 1. The molecule has 0 spiro atoms. The fourth-order valence-corrected chi connectivity index (χ4v) is 4.71. The minimum absolute atomic E-state index is 0.215. The lowest BCUT2D eigenvalue weighted by Gasteiger charge is -2.42. The summed E-state index contributed by atoms with van der Waals surface area (Å²) in [4.78, 5) is 17.7. The van der Waals surface area contributed by atoms with E-state index in [1.54, 1.807) is 0 Å². The van der Waals surface area contributed by atoms with Gasteiger partial charge in [0.1, 0.15) is 0 Å². The van der Waals surface area contributed by atoms with Gasteiger partial charge in [0, 0.05) is 25.2 Å². The largest absolute Gasteiger partial charge is 0.353 e. The van der Waals surface area contributed by atoms with Gasteiger partial charge in [-0.15, -0.1) is 0 Å². The van der Waals surface area contributed by atoms with Gasteiger partial charge in [-0.3, -0.25) is 14.6 Å². The highest BCUT2D eigenvalue weighted by atomic mass is 16.2. The van der Waals surface area contributed by atoms with Crippen LogP contribution >= 0.6 is 0 Å². The molecule has 3 fully saturated rings. The van der Waals surface area contributed by atoms with Crippen LogP contribution in [0.2, 0.25) is 0 Å². The highest BCUT2D eigenvalue weighted by molar-refractivity contribution is 5.79. The van der Waals surface area contributed by atoms with Crippen molar-refractivity contribution in [2.24, 2.45) is 5.92 Å². The monoisotopic (exact) mass is 355 g/mol. The quantitative estimate of drug-likeness (QED) is 0.882. The SMILES string of the molecule is O=C(NC1CCC1)C1CCCN(C2CCN(Cc3ccccc3)CC2)C1. The molecule has 0 radical (unpaired) electrons. The molecule has 2 heterocycles. The first-order chi connectivity index (χ1) is 12.8. The van der Waals surface area contributed by atoms with Crippen LogP contribution in [0.3, 0.4) is 0 Å². The van der Waals surface area contributed by atoms with Crippen LogP contribution in [0, 0.1) is 5.92 Å². The van der Waals surface area contributed by atoms with Crippen LogP contribution in [0.25, 0.3) is 0 Å². The Labute approximate surface area is 157 Å². The van der Waals surface area contributed by atoms with Gasteiger partial charge in [0.15, 0.2) is 0 Å². The van der Waals surface area contributed by atoms with Gasteiger partial charge in [-0.05, 0) is 70.1 Å². The minimum atomic E-state index is 0.215. The van der Waals surface area contributed by atoms with Gasteiger partial charge in [-0.25, -0.2) is 0 Å². The normalized spacial score (nSPS) is 26.4. The van der Waals surface area contributed by atoms with Crippen LogP contribution in [0.15, 0.2) is 30.3 Å². The van der Waals surface area contributed by atoms with E-state index in [-0.39, 0.29) is 5.92 Å². The molecular formula is C22H33N3O. The molecule has 1 N–H and O–H groups in total. The highest BCUT2D eigenvalue weighted by Gasteiger charge is 2.32. The van der Waals surface area contributed by atoms with Crippen LogP contribution in [0.4, 0.5) is 0 Å². The average molecular weight is 356 g/mol. The zero-order valence-electron chi connectivity index (χ0n) is 15.9. The molecule has 2 saturated heterocycles. The van der Waals surface area contributed by atoms with E-state index in [2.05, 4.69) is 45.4 Å². The Morgan fingerprint density at radius 1 is 0.962 bits per heavy atom. The minimum Gasteiger partial charge on any atom is -0.353 e. The summed E-state index contributed by atoms with van der Waals surface area (Å²) in [5.41, 5.74) is 1.41. The number of hydrogen-bond donors (Lipinski definition) is 1. The Hall–Kier alpha value is -1.39. The van der Waals surface area contributed by atoms with E-state index in [9.17, 15) is 4.79 Å². The Balaban J connectivity index is 1.24. The lowest BCUT2D eigenvalue weighted by atomic mass is 9.90. The van der Waals surface area contributed by atoms with Crippen LogP contribution in [-0.4, -0.2) is 54.0 Å². The third-order valence-corrected chi connectivity index (χ3v) is 6.60. The first kappa shape index (κ1) is 18.0. The number of carbonyl (C=O) groups is 1. The number of piperidine rings is 2. The van der Waals surface area contributed by atoms with Crippen LogP contribution in [0.5, 0.6) is 0 Å². The first-order valence-corrected chi connectivity index (χ1v) is 10.6. The van der Waals surface area contributed by atoms with Crippen LogP contribution in [-0.2, 0) is 11.3 Å². The Morgan fingerprint density at radius 2 is 1.73 bits per heavy atom. The third-order valence-electron chi connectivity index (χ3n) is 6.60. The van der Waals surface area contributed by atoms with Crippen molar-refractivity contribution in [2.45, 2.75) is 63.6 Å². The van der Waals surface area contributed by atoms with Crippen molar-refractivity contribution in [1.82, 2.24) is 15.1 Å². The molecule has 1 unspecified atom stereocenters. The number of hydrogen-bond acceptors (Lipinski definition) is 3. The lowest BCUT2D eigenvalue weighted by molar-refractivity contribution is -0.128. The molecule has 0 aromatic heterocycles. The molecule has 4 rings (SSSR count). The summed E-state index contributed by atoms with van der Waals surface area (Å²) in [6, 6.07) is 11.9. The Bertz CT molecular complexity index is 578. The van der Waals surface area contributed by atoms with Crippen molar-refractivity contribution in [2.75, 3.05) is 26.2 Å². The molecule has 1 aromatic carbocycles. The number of rotatable bonds is 5. The number of benzene rings is 1. The Morgan fingerprint density at radius 3 is 2.42 bits per heavy atom. The average Bonchev–Trinajstić information content (AvgIpc) is 2.66. The molecule has 142 valence electrons. The molecule has 1 atom stereocenters. The second-order valence-corrected chi connectivity index (χ2v) is 8.46. The van der Waals surface area contributed by atoms with E-state index in [4.69, 9.17) is 0 Å². The summed E-state index contributed by atoms with van der Waals surface area (Å²) in [6.07, 6.45) is 8.37. The summed E-state index contributed by atoms with van der Waals surface area (Å²) in [5.74, 6) is 0.535. The van der Waals surface area contributed by atoms with Crippen molar-refractivity contribution in [3.8, 4) is 0 Å². The predicted molar refractivity (Wildman–Crippen MR) is 105 cm³/mol. The summed E-state index contributed by atoms with van der Waals surface area (Å²) >= 11 is 0. The molecule has 26 heavy (non-hydrogen) atoms. The molecule has 1 amide bonds. The molecule has 2 aliphatic heterocycles. The fraction of sp³-hybridized carbons (Fsp3) is 0.682. The molecule has 0 bridgehead atoms. The fourth-order valence-electron chi connectivity index (χ4n) is 4.71. The molecule has 1 aromatic rings. The van der Waals surface area contributed by atoms with Gasteiger partial charge in [-0.2, -0.15) is 0 Å². The zero-order chi connectivity index (χ0) is 17.8. The molecular weight excluding hydrogens is 322 g/mol. The summed E-state index contributed by atoms with van der Waals surface area (Å²) in [7, 11) is 0. The standard InChI is InChI=1S/C22H33N3O/c26-22(23-20-9-4-10-20)19-8-5-13-25(17-19)21-11-14-24(15-12-21)16-18-6-2-1-3-7-18/h1-3,6-7,19-21H,4-5,8-17H2,(H,23,26). The topological polar surface area (TPSA) is 35.6 Å². The van der Waals surface area contributed by atoms with E-state index in [0.717, 1.165) is 19.5 Å². The van der Waals surface area contributed by atoms with E-state index in [1.165, 1.54) is 63.7 Å². The van der Waals surface area contributed by atoms with Gasteiger partial charge < -0.3 is 5.32 Å². The van der Waals surface area contributed by atoms with Crippen molar-refractivity contribution in [3.63, 3.8) is 0 Å². The van der Waals surface area contributed by atoms with Crippen molar-refractivity contribution >= 4 is 5.91 Å². The van der Waals surface area contributed by atoms with Gasteiger partial charge in [0.25, 0.3) is 0 Å². The Kier molecular flexibility index (Phi) is 5.91. The second kappa shape index (κ2) is 8.53. The highest BCUT2D eigenvalue weighted by Crippen LogP contribution is 2.26. The number of carbonyl (C=O) groups excluding carboxylic acids is 1. The van der Waals surface area contributed by atoms with Crippen LogP contribution < -0.4 is 5.32 Å². The summed E-state index contributed by atoms with van der Waals surface area (Å²) in [5, 5.41) is 3.27. The van der Waals surface area contributed by atoms with Crippen LogP contribution in [0.1, 0.15) is 50.5 Å². The molecule has 1 aliphatic carbocycles. The number of nitrogens with one attached hydrogen (secondary N) is 1. The van der Waals surface area contributed by atoms with E-state index in [1.807, 2.05) is 0 Å². The lowest BCUT2D eigenvalue weighted by Crippen LogP contribution is -2.52. The maximum Gasteiger partial charge on any atom is 0.224 e. The van der Waals surface area contributed by atoms with Crippen molar-refractivity contribution < 1.29 is 4.79 Å².